The van der Waals surface area contributed by atoms with Crippen LogP contribution >= 0.6 is 11.3 Å². The lowest BCUT2D eigenvalue weighted by Gasteiger charge is -2.35. The van der Waals surface area contributed by atoms with Crippen molar-refractivity contribution < 1.29 is 14.4 Å². The number of carbonyl (C=O) groups excluding carboxylic acids is 3. The average molecular weight is 372 g/mol. The van der Waals surface area contributed by atoms with E-state index in [1.165, 1.54) is 10.3 Å². The number of thiazole rings is 1. The van der Waals surface area contributed by atoms with Gasteiger partial charge in [0.1, 0.15) is 6.54 Å². The van der Waals surface area contributed by atoms with Gasteiger partial charge in [0.25, 0.3) is 0 Å². The molecule has 1 aromatic carbocycles. The van der Waals surface area contributed by atoms with Gasteiger partial charge < -0.3 is 9.80 Å². The molecule has 0 bridgehead atoms. The predicted octanol–water partition coefficient (Wildman–Crippen LogP) is 1.40. The minimum absolute atomic E-state index is 0.127. The second kappa shape index (κ2) is 6.68. The fraction of sp³-hybridized carbons (Fsp3) is 0.444. The van der Waals surface area contributed by atoms with E-state index in [4.69, 9.17) is 4.98 Å². The molecule has 0 atom stereocenters. The van der Waals surface area contributed by atoms with Gasteiger partial charge in [-0.3, -0.25) is 19.3 Å². The van der Waals surface area contributed by atoms with Gasteiger partial charge in [0.2, 0.25) is 17.7 Å². The number of aryl methyl sites for hydroxylation is 1. The minimum atomic E-state index is -0.244. The molecule has 3 amide bonds. The first-order valence-electron chi connectivity index (χ1n) is 8.75. The van der Waals surface area contributed by atoms with Crippen LogP contribution in [0.25, 0.3) is 10.2 Å². The molecule has 2 aliphatic heterocycles. The lowest BCUT2D eigenvalue weighted by Crippen LogP contribution is -2.51. The summed E-state index contributed by atoms with van der Waals surface area (Å²) in [5, 5.41) is 0.978. The van der Waals surface area contributed by atoms with E-state index in [9.17, 15) is 14.4 Å². The maximum atomic E-state index is 12.4. The zero-order valence-corrected chi connectivity index (χ0v) is 15.4. The first kappa shape index (κ1) is 17.0. The second-order valence-corrected chi connectivity index (χ2v) is 7.67. The normalized spacial score (nSPS) is 18.3. The maximum Gasteiger partial charge on any atom is 0.242 e. The number of benzene rings is 1. The van der Waals surface area contributed by atoms with Crippen molar-refractivity contribution in [3.63, 3.8) is 0 Å². The molecule has 0 N–H and O–H groups in total. The van der Waals surface area contributed by atoms with E-state index in [1.807, 2.05) is 6.07 Å². The van der Waals surface area contributed by atoms with E-state index in [0.717, 1.165) is 15.5 Å². The molecular formula is C18H20N4O3S. The van der Waals surface area contributed by atoms with Crippen LogP contribution in [-0.4, -0.2) is 65.2 Å². The molecule has 2 fully saturated rings. The summed E-state index contributed by atoms with van der Waals surface area (Å²) in [6.07, 6.45) is 0.438. The zero-order valence-electron chi connectivity index (χ0n) is 14.6. The number of hydrogen-bond acceptors (Lipinski definition) is 6. The molecule has 3 heterocycles. The smallest absolute Gasteiger partial charge is 0.242 e. The molecule has 0 spiro atoms. The number of imide groups is 1. The first-order chi connectivity index (χ1) is 12.5. The number of rotatable bonds is 3. The monoisotopic (exact) mass is 372 g/mol. The lowest BCUT2D eigenvalue weighted by molar-refractivity contribution is -0.145. The molecule has 0 radical (unpaired) electrons. The molecule has 2 aliphatic rings. The van der Waals surface area contributed by atoms with Crippen LogP contribution in [0.3, 0.4) is 0 Å². The second-order valence-electron chi connectivity index (χ2n) is 6.66. The van der Waals surface area contributed by atoms with Crippen molar-refractivity contribution >= 4 is 44.4 Å². The number of piperazine rings is 1. The highest BCUT2D eigenvalue weighted by Gasteiger charge is 2.32. The Hall–Kier alpha value is -2.48. The molecular weight excluding hydrogens is 352 g/mol. The SMILES string of the molecule is Cc1cccc2sc(N3CCN(C(=O)CN4C(=O)CCC4=O)CC3)nc12. The van der Waals surface area contributed by atoms with Gasteiger partial charge >= 0.3 is 0 Å². The van der Waals surface area contributed by atoms with E-state index in [2.05, 4.69) is 24.0 Å². The third kappa shape index (κ3) is 3.05. The standard InChI is InChI=1S/C18H20N4O3S/c1-12-3-2-4-13-17(12)19-18(26-13)21-9-7-20(8-10-21)16(25)11-22-14(23)5-6-15(22)24/h2-4H,5-11H2,1H3. The van der Waals surface area contributed by atoms with Crippen LogP contribution in [0.2, 0.25) is 0 Å². The number of anilines is 1. The number of aromatic nitrogens is 1. The highest BCUT2D eigenvalue weighted by molar-refractivity contribution is 7.22. The Morgan fingerprint density at radius 2 is 1.81 bits per heavy atom. The summed E-state index contributed by atoms with van der Waals surface area (Å²) in [6.45, 7) is 4.48. The number of likely N-dealkylation sites (tertiary alicyclic amines) is 1. The molecule has 0 aliphatic carbocycles. The van der Waals surface area contributed by atoms with Crippen LogP contribution in [0.1, 0.15) is 18.4 Å². The summed E-state index contributed by atoms with van der Waals surface area (Å²) in [5.74, 6) is -0.646. The van der Waals surface area contributed by atoms with E-state index < -0.39 is 0 Å². The van der Waals surface area contributed by atoms with Crippen LogP contribution in [0.15, 0.2) is 18.2 Å². The Bertz CT molecular complexity index is 870. The molecule has 136 valence electrons. The maximum absolute atomic E-state index is 12.4. The van der Waals surface area contributed by atoms with Gasteiger partial charge in [-0.05, 0) is 18.6 Å². The van der Waals surface area contributed by atoms with Gasteiger partial charge in [0.05, 0.1) is 10.2 Å². The molecule has 0 saturated carbocycles. The van der Waals surface area contributed by atoms with Crippen LogP contribution in [0, 0.1) is 6.92 Å². The van der Waals surface area contributed by atoms with Crippen LogP contribution in [-0.2, 0) is 14.4 Å². The predicted molar refractivity (Wildman–Crippen MR) is 99.1 cm³/mol. The van der Waals surface area contributed by atoms with Crippen molar-refractivity contribution in [2.75, 3.05) is 37.6 Å². The third-order valence-corrected chi connectivity index (χ3v) is 6.04. The topological polar surface area (TPSA) is 73.8 Å². The largest absolute Gasteiger partial charge is 0.345 e. The first-order valence-corrected chi connectivity index (χ1v) is 9.56. The van der Waals surface area contributed by atoms with Crippen LogP contribution in [0.4, 0.5) is 5.13 Å². The molecule has 1 aromatic heterocycles. The Balaban J connectivity index is 1.39. The highest BCUT2D eigenvalue weighted by atomic mass is 32.1. The Morgan fingerprint density at radius 3 is 2.46 bits per heavy atom. The lowest BCUT2D eigenvalue weighted by atomic mass is 10.2. The van der Waals surface area contributed by atoms with Crippen molar-refractivity contribution in [1.82, 2.24) is 14.8 Å². The number of amides is 3. The molecule has 2 saturated heterocycles. The molecule has 4 rings (SSSR count). The fourth-order valence-electron chi connectivity index (χ4n) is 3.39. The molecule has 26 heavy (non-hydrogen) atoms. The zero-order chi connectivity index (χ0) is 18.3. The number of fused-ring (bicyclic) bond motifs is 1. The van der Waals surface area contributed by atoms with Crippen molar-refractivity contribution in [2.24, 2.45) is 0 Å². The van der Waals surface area contributed by atoms with E-state index in [1.54, 1.807) is 16.2 Å². The minimum Gasteiger partial charge on any atom is -0.345 e. The van der Waals surface area contributed by atoms with Gasteiger partial charge in [0.15, 0.2) is 5.13 Å². The van der Waals surface area contributed by atoms with Crippen LogP contribution in [0.5, 0.6) is 0 Å². The quantitative estimate of drug-likeness (QED) is 0.762. The Kier molecular flexibility index (Phi) is 4.36. The summed E-state index contributed by atoms with van der Waals surface area (Å²) >= 11 is 1.67. The van der Waals surface area contributed by atoms with Gasteiger partial charge in [0, 0.05) is 39.0 Å². The van der Waals surface area contributed by atoms with Crippen molar-refractivity contribution in [3.8, 4) is 0 Å². The molecule has 2 aromatic rings. The number of carbonyl (C=O) groups is 3. The fourth-order valence-corrected chi connectivity index (χ4v) is 4.49. The van der Waals surface area contributed by atoms with E-state index in [-0.39, 0.29) is 37.1 Å². The highest BCUT2D eigenvalue weighted by Crippen LogP contribution is 2.31. The van der Waals surface area contributed by atoms with Crippen molar-refractivity contribution in [2.45, 2.75) is 19.8 Å². The van der Waals surface area contributed by atoms with Gasteiger partial charge in [-0.2, -0.15) is 0 Å². The molecule has 0 unspecified atom stereocenters. The molecule has 7 nitrogen and oxygen atoms in total. The summed E-state index contributed by atoms with van der Waals surface area (Å²) < 4.78 is 1.17. The number of nitrogens with zero attached hydrogens (tertiary/aromatic N) is 4. The average Bonchev–Trinajstić information content (AvgIpc) is 3.21. The summed E-state index contributed by atoms with van der Waals surface area (Å²) in [4.78, 5) is 45.5. The van der Waals surface area contributed by atoms with E-state index >= 15 is 0 Å². The number of para-hydroxylation sites is 1. The van der Waals surface area contributed by atoms with Gasteiger partial charge in [-0.1, -0.05) is 23.5 Å². The number of hydrogen-bond donors (Lipinski definition) is 0. The summed E-state index contributed by atoms with van der Waals surface area (Å²) in [6, 6.07) is 6.17. The van der Waals surface area contributed by atoms with E-state index in [0.29, 0.717) is 26.2 Å². The van der Waals surface area contributed by atoms with Crippen molar-refractivity contribution in [1.29, 1.82) is 0 Å². The van der Waals surface area contributed by atoms with Gasteiger partial charge in [-0.25, -0.2) is 4.98 Å². The third-order valence-electron chi connectivity index (χ3n) is 4.96. The van der Waals surface area contributed by atoms with Crippen LogP contribution < -0.4 is 4.90 Å². The molecule has 8 heteroatoms. The van der Waals surface area contributed by atoms with Gasteiger partial charge in [-0.15, -0.1) is 0 Å². The Labute approximate surface area is 155 Å². The summed E-state index contributed by atoms with van der Waals surface area (Å²) in [7, 11) is 0. The summed E-state index contributed by atoms with van der Waals surface area (Å²) in [5.41, 5.74) is 2.20. The van der Waals surface area contributed by atoms with Crippen molar-refractivity contribution in [3.05, 3.63) is 23.8 Å². The Morgan fingerprint density at radius 1 is 1.12 bits per heavy atom.